The van der Waals surface area contributed by atoms with E-state index in [1.165, 1.54) is 0 Å². The molecule has 0 spiro atoms. The summed E-state index contributed by atoms with van der Waals surface area (Å²) in [5, 5.41) is 1.93. The van der Waals surface area contributed by atoms with E-state index in [0.717, 1.165) is 38.5 Å². The van der Waals surface area contributed by atoms with Gasteiger partial charge in [0.25, 0.3) is 0 Å². The second-order valence-electron chi connectivity index (χ2n) is 9.08. The van der Waals surface area contributed by atoms with Crippen molar-refractivity contribution in [3.05, 3.63) is 112 Å². The molecule has 0 bridgehead atoms. The van der Waals surface area contributed by atoms with Gasteiger partial charge in [-0.15, -0.1) is 0 Å². The van der Waals surface area contributed by atoms with Crippen LogP contribution in [0.3, 0.4) is 0 Å². The lowest BCUT2D eigenvalue weighted by molar-refractivity contribution is 0.0997. The molecule has 1 aliphatic rings. The van der Waals surface area contributed by atoms with Crippen LogP contribution in [0, 0.1) is 0 Å². The highest BCUT2D eigenvalue weighted by Gasteiger charge is 2.43. The quantitative estimate of drug-likeness (QED) is 0.155. The molecule has 1 aromatic heterocycles. The molecule has 1 aliphatic heterocycles. The number of epoxide rings is 1. The van der Waals surface area contributed by atoms with Crippen LogP contribution in [0.4, 0.5) is 0 Å². The Labute approximate surface area is 230 Å². The zero-order valence-corrected chi connectivity index (χ0v) is 23.2. The van der Waals surface area contributed by atoms with E-state index in [9.17, 15) is 0 Å². The summed E-state index contributed by atoms with van der Waals surface area (Å²) >= 11 is 12.7. The summed E-state index contributed by atoms with van der Waals surface area (Å²) in [6, 6.07) is 25.3. The van der Waals surface area contributed by atoms with Crippen LogP contribution in [0.5, 0.6) is 5.75 Å². The first-order valence-corrected chi connectivity index (χ1v) is 14.0. The van der Waals surface area contributed by atoms with Gasteiger partial charge in [0.05, 0.1) is 28.8 Å². The summed E-state index contributed by atoms with van der Waals surface area (Å²) in [5.74, 6) is 1.82. The van der Waals surface area contributed by atoms with Gasteiger partial charge in [0.1, 0.15) is 18.2 Å². The third-order valence-corrected chi connectivity index (χ3v) is 8.08. The number of imidazole rings is 1. The molecule has 2 heterocycles. The summed E-state index contributed by atoms with van der Waals surface area (Å²) < 4.78 is 20.8. The second-order valence-corrected chi connectivity index (χ2v) is 11.5. The van der Waals surface area contributed by atoms with E-state index < -0.39 is 10.8 Å². The van der Waals surface area contributed by atoms with Gasteiger partial charge in [-0.25, -0.2) is 4.98 Å². The fraction of sp³-hybridized carbons (Fsp3) is 0.241. The van der Waals surface area contributed by atoms with Crippen molar-refractivity contribution in [3.8, 4) is 5.75 Å². The molecule has 5 rings (SSSR count). The van der Waals surface area contributed by atoms with E-state index in [-0.39, 0.29) is 12.0 Å². The van der Waals surface area contributed by atoms with Gasteiger partial charge < -0.3 is 18.2 Å². The number of hydrogen-bond donors (Lipinski definition) is 0. The van der Waals surface area contributed by atoms with Gasteiger partial charge >= 0.3 is 0 Å². The Hall–Kier alpha value is -2.61. The van der Waals surface area contributed by atoms with E-state index in [1.807, 2.05) is 67.7 Å². The standard InChI is InChI=1S/C29H28Cl2N2O3S/c1-19(2)26-27(33(3)25(32-26)18-34-17-20-10-6-4-7-11-20)28-29(35-28)37(36-23-12-8-5-9-13-23)24-15-21(30)14-22(31)16-24/h4-16,19,28H,17-18H2,1-3H3. The predicted octanol–water partition coefficient (Wildman–Crippen LogP) is 8.09. The van der Waals surface area contributed by atoms with Crippen molar-refractivity contribution in [2.75, 3.05) is 0 Å². The number of hydrogen-bond acceptors (Lipinski definition) is 4. The van der Waals surface area contributed by atoms with E-state index in [1.54, 1.807) is 6.07 Å². The smallest absolute Gasteiger partial charge is 0.161 e. The molecule has 37 heavy (non-hydrogen) atoms. The molecule has 5 nitrogen and oxygen atoms in total. The number of rotatable bonds is 9. The monoisotopic (exact) mass is 554 g/mol. The van der Waals surface area contributed by atoms with Crippen molar-refractivity contribution in [3.63, 3.8) is 0 Å². The number of nitrogens with zero attached hydrogens (tertiary/aromatic N) is 2. The molecular formula is C29H28Cl2N2O3S. The Morgan fingerprint density at radius 3 is 2.24 bits per heavy atom. The zero-order chi connectivity index (χ0) is 25.9. The van der Waals surface area contributed by atoms with Gasteiger partial charge in [0.15, 0.2) is 11.2 Å². The molecule has 2 atom stereocenters. The lowest BCUT2D eigenvalue weighted by Crippen LogP contribution is -2.05. The van der Waals surface area contributed by atoms with E-state index in [0.29, 0.717) is 23.3 Å². The van der Waals surface area contributed by atoms with Crippen molar-refractivity contribution in [1.82, 2.24) is 9.55 Å². The molecule has 192 valence electrons. The molecule has 1 saturated heterocycles. The molecule has 8 heteroatoms. The van der Waals surface area contributed by atoms with Crippen LogP contribution in [0.2, 0.25) is 10.0 Å². The number of ether oxygens (including phenoxy) is 2. The normalized spacial score (nSPS) is 16.7. The van der Waals surface area contributed by atoms with Crippen LogP contribution < -0.4 is 4.18 Å². The van der Waals surface area contributed by atoms with Gasteiger partial charge in [-0.2, -0.15) is 0 Å². The molecule has 1 fully saturated rings. The molecule has 3 aromatic carbocycles. The summed E-state index contributed by atoms with van der Waals surface area (Å²) in [4.78, 5) is 5.80. The van der Waals surface area contributed by atoms with E-state index >= 15 is 0 Å². The minimum absolute atomic E-state index is 0.215. The molecule has 0 N–H and O–H groups in total. The SMILES string of the molecule is CC(C)c1nc(COCc2ccccc2)n(C)c1C1O/C1=S(/Oc1ccccc1)c1cc(Cl)cc(Cl)c1. The Bertz CT molecular complexity index is 1400. The lowest BCUT2D eigenvalue weighted by Gasteiger charge is -2.12. The van der Waals surface area contributed by atoms with Gasteiger partial charge in [-0.1, -0.05) is 85.6 Å². The average molecular weight is 556 g/mol. The Morgan fingerprint density at radius 2 is 1.59 bits per heavy atom. The number of aromatic nitrogens is 2. The summed E-state index contributed by atoms with van der Waals surface area (Å²) in [6.45, 7) is 5.21. The van der Waals surface area contributed by atoms with Crippen LogP contribution in [0.25, 0.3) is 0 Å². The van der Waals surface area contributed by atoms with Crippen LogP contribution in [-0.4, -0.2) is 14.6 Å². The van der Waals surface area contributed by atoms with Crippen LogP contribution in [0.1, 0.15) is 48.6 Å². The molecular weight excluding hydrogens is 527 g/mol. The summed E-state index contributed by atoms with van der Waals surface area (Å²) in [7, 11) is 1.19. The highest BCUT2D eigenvalue weighted by Crippen LogP contribution is 2.47. The highest BCUT2D eigenvalue weighted by atomic mass is 35.5. The molecule has 0 saturated carbocycles. The first kappa shape index (κ1) is 26.0. The minimum Gasteiger partial charge on any atom is -0.427 e. The largest absolute Gasteiger partial charge is 0.427 e. The lowest BCUT2D eigenvalue weighted by atomic mass is 10.1. The maximum atomic E-state index is 6.44. The second kappa shape index (κ2) is 11.4. The Kier molecular flexibility index (Phi) is 8.03. The molecule has 0 amide bonds. The van der Waals surface area contributed by atoms with Crippen LogP contribution in [0.15, 0.2) is 83.8 Å². The fourth-order valence-electron chi connectivity index (χ4n) is 4.08. The van der Waals surface area contributed by atoms with E-state index in [4.69, 9.17) is 41.8 Å². The van der Waals surface area contributed by atoms with Gasteiger partial charge in [-0.05, 0) is 41.8 Å². The third kappa shape index (κ3) is 6.11. The van der Waals surface area contributed by atoms with Gasteiger partial charge in [0.2, 0.25) is 0 Å². The van der Waals surface area contributed by atoms with E-state index in [2.05, 4.69) is 30.5 Å². The first-order valence-electron chi connectivity index (χ1n) is 12.0. The highest BCUT2D eigenvalue weighted by molar-refractivity contribution is 8.12. The molecule has 2 unspecified atom stereocenters. The Balaban J connectivity index is 1.47. The molecule has 0 aliphatic carbocycles. The first-order chi connectivity index (χ1) is 17.9. The average Bonchev–Trinajstić information content (AvgIpc) is 3.59. The summed E-state index contributed by atoms with van der Waals surface area (Å²) in [6.07, 6.45) is -0.248. The van der Waals surface area contributed by atoms with Crippen molar-refractivity contribution in [2.24, 2.45) is 7.05 Å². The fourth-order valence-corrected chi connectivity index (χ4v) is 6.41. The predicted molar refractivity (Wildman–Crippen MR) is 150 cm³/mol. The van der Waals surface area contributed by atoms with Crippen LogP contribution >= 0.6 is 34.0 Å². The third-order valence-electron chi connectivity index (χ3n) is 5.94. The Morgan fingerprint density at radius 1 is 0.946 bits per heavy atom. The van der Waals surface area contributed by atoms with Crippen molar-refractivity contribution in [1.29, 1.82) is 0 Å². The molecule has 4 aromatic rings. The topological polar surface area (TPSA) is 48.8 Å². The summed E-state index contributed by atoms with van der Waals surface area (Å²) in [5.41, 5.74) is 3.14. The van der Waals surface area contributed by atoms with Crippen molar-refractivity contribution < 1.29 is 13.7 Å². The number of benzene rings is 3. The maximum absolute atomic E-state index is 6.44. The van der Waals surface area contributed by atoms with Gasteiger partial charge in [0, 0.05) is 22.0 Å². The zero-order valence-electron chi connectivity index (χ0n) is 20.9. The van der Waals surface area contributed by atoms with Crippen molar-refractivity contribution >= 4 is 39.0 Å². The molecule has 0 radical (unpaired) electrons. The number of para-hydroxylation sites is 1. The minimum atomic E-state index is -0.828. The van der Waals surface area contributed by atoms with Crippen molar-refractivity contribution in [2.45, 2.75) is 44.0 Å². The maximum Gasteiger partial charge on any atom is 0.161 e. The van der Waals surface area contributed by atoms with Crippen LogP contribution in [-0.2, 0) is 29.7 Å². The van der Waals surface area contributed by atoms with Gasteiger partial charge in [-0.3, -0.25) is 0 Å². The number of halogens is 2.